The van der Waals surface area contributed by atoms with Crippen LogP contribution in [-0.2, 0) is 13.5 Å². The van der Waals surface area contributed by atoms with Crippen LogP contribution in [0.3, 0.4) is 0 Å². The number of ether oxygens (including phenoxy) is 1. The zero-order valence-corrected chi connectivity index (χ0v) is 10.4. The van der Waals surface area contributed by atoms with Gasteiger partial charge >= 0.3 is 0 Å². The second-order valence-electron chi connectivity index (χ2n) is 4.39. The predicted octanol–water partition coefficient (Wildman–Crippen LogP) is 2.24. The molecule has 4 nitrogen and oxygen atoms in total. The van der Waals surface area contributed by atoms with Crippen LogP contribution in [0.25, 0.3) is 0 Å². The number of aromatic nitrogens is 2. The Kier molecular flexibility index (Phi) is 3.62. The molecule has 0 radical (unpaired) electrons. The van der Waals surface area contributed by atoms with Crippen molar-refractivity contribution < 1.29 is 9.13 Å². The lowest BCUT2D eigenvalue weighted by atomic mass is 10.1. The van der Waals surface area contributed by atoms with Crippen molar-refractivity contribution in [2.45, 2.75) is 19.4 Å². The highest BCUT2D eigenvalue weighted by Crippen LogP contribution is 2.26. The molecule has 2 N–H and O–H groups in total. The Morgan fingerprint density at radius 1 is 1.50 bits per heavy atom. The van der Waals surface area contributed by atoms with Crippen LogP contribution < -0.4 is 10.5 Å². The highest BCUT2D eigenvalue weighted by Gasteiger charge is 2.09. The Hall–Kier alpha value is -1.88. The van der Waals surface area contributed by atoms with Crippen LogP contribution >= 0.6 is 0 Å². The molecule has 2 aromatic rings. The molecule has 0 bridgehead atoms. The van der Waals surface area contributed by atoms with E-state index in [0.29, 0.717) is 17.9 Å². The Morgan fingerprint density at radius 3 is 2.89 bits per heavy atom. The molecule has 96 valence electrons. The van der Waals surface area contributed by atoms with Gasteiger partial charge in [-0.25, -0.2) is 4.39 Å². The molecule has 1 aromatic carbocycles. The van der Waals surface area contributed by atoms with Gasteiger partial charge in [0.15, 0.2) is 5.75 Å². The zero-order chi connectivity index (χ0) is 13.1. The molecular weight excluding hydrogens is 233 g/mol. The smallest absolute Gasteiger partial charge is 0.165 e. The van der Waals surface area contributed by atoms with Crippen LogP contribution in [0.15, 0.2) is 30.6 Å². The third-order valence-electron chi connectivity index (χ3n) is 2.47. The molecule has 1 heterocycles. The summed E-state index contributed by atoms with van der Waals surface area (Å²) in [5.74, 6) is 0.945. The monoisotopic (exact) mass is 249 g/mol. The fourth-order valence-electron chi connectivity index (χ4n) is 1.73. The standard InChI is InChI=1S/C13H16FN3O/c1-9(15)5-10-6-11(14)3-4-13(10)18-12-7-16-17(2)8-12/h3-4,6-9H,5,15H2,1-2H3. The van der Waals surface area contributed by atoms with E-state index in [0.717, 1.165) is 5.56 Å². The summed E-state index contributed by atoms with van der Waals surface area (Å²) < 4.78 is 20.6. The molecule has 0 aliphatic heterocycles. The van der Waals surface area contributed by atoms with Gasteiger partial charge in [-0.3, -0.25) is 4.68 Å². The van der Waals surface area contributed by atoms with Crippen LogP contribution in [0.2, 0.25) is 0 Å². The third kappa shape index (κ3) is 3.07. The maximum absolute atomic E-state index is 13.2. The molecule has 0 spiro atoms. The van der Waals surface area contributed by atoms with Gasteiger partial charge in [-0.15, -0.1) is 0 Å². The molecular formula is C13H16FN3O. The van der Waals surface area contributed by atoms with E-state index in [4.69, 9.17) is 10.5 Å². The second-order valence-corrected chi connectivity index (χ2v) is 4.39. The predicted molar refractivity (Wildman–Crippen MR) is 67.0 cm³/mol. The van der Waals surface area contributed by atoms with E-state index in [1.807, 2.05) is 6.92 Å². The van der Waals surface area contributed by atoms with Crippen LogP contribution in [0.4, 0.5) is 4.39 Å². The van der Waals surface area contributed by atoms with Crippen molar-refractivity contribution >= 4 is 0 Å². The average molecular weight is 249 g/mol. The SMILES string of the molecule is CC(N)Cc1cc(F)ccc1Oc1cnn(C)c1. The first-order valence-electron chi connectivity index (χ1n) is 5.75. The number of benzene rings is 1. The van der Waals surface area contributed by atoms with Crippen LogP contribution in [0, 0.1) is 5.82 Å². The summed E-state index contributed by atoms with van der Waals surface area (Å²) in [7, 11) is 1.81. The van der Waals surface area contributed by atoms with Crippen LogP contribution in [-0.4, -0.2) is 15.8 Å². The Balaban J connectivity index is 2.26. The molecule has 1 atom stereocenters. The van der Waals surface area contributed by atoms with Crippen molar-refractivity contribution in [1.82, 2.24) is 9.78 Å². The van der Waals surface area contributed by atoms with Crippen molar-refractivity contribution in [2.75, 3.05) is 0 Å². The van der Waals surface area contributed by atoms with Crippen molar-refractivity contribution in [3.05, 3.63) is 42.0 Å². The summed E-state index contributed by atoms with van der Waals surface area (Å²) in [6.45, 7) is 1.87. The molecule has 2 rings (SSSR count). The molecule has 18 heavy (non-hydrogen) atoms. The lowest BCUT2D eigenvalue weighted by Crippen LogP contribution is -2.18. The normalized spacial score (nSPS) is 12.4. The number of nitrogens with two attached hydrogens (primary N) is 1. The molecule has 0 aliphatic carbocycles. The molecule has 1 aromatic heterocycles. The lowest BCUT2D eigenvalue weighted by molar-refractivity contribution is 0.470. The first-order chi connectivity index (χ1) is 8.54. The first-order valence-corrected chi connectivity index (χ1v) is 5.75. The number of hydrogen-bond donors (Lipinski definition) is 1. The molecule has 0 saturated heterocycles. The summed E-state index contributed by atoms with van der Waals surface area (Å²) in [5, 5.41) is 4.01. The van der Waals surface area contributed by atoms with E-state index in [1.54, 1.807) is 30.2 Å². The lowest BCUT2D eigenvalue weighted by Gasteiger charge is -2.11. The van der Waals surface area contributed by atoms with E-state index in [2.05, 4.69) is 5.10 Å². The highest BCUT2D eigenvalue weighted by molar-refractivity contribution is 5.37. The number of halogens is 1. The Labute approximate surface area is 105 Å². The van der Waals surface area contributed by atoms with E-state index >= 15 is 0 Å². The quantitative estimate of drug-likeness (QED) is 0.904. The minimum Gasteiger partial charge on any atom is -0.454 e. The summed E-state index contributed by atoms with van der Waals surface area (Å²) in [4.78, 5) is 0. The summed E-state index contributed by atoms with van der Waals surface area (Å²) >= 11 is 0. The van der Waals surface area contributed by atoms with Gasteiger partial charge < -0.3 is 10.5 Å². The molecule has 0 aliphatic rings. The largest absolute Gasteiger partial charge is 0.454 e. The highest BCUT2D eigenvalue weighted by atomic mass is 19.1. The average Bonchev–Trinajstić information content (AvgIpc) is 2.67. The zero-order valence-electron chi connectivity index (χ0n) is 10.4. The van der Waals surface area contributed by atoms with Crippen LogP contribution in [0.5, 0.6) is 11.5 Å². The number of rotatable bonds is 4. The van der Waals surface area contributed by atoms with Crippen molar-refractivity contribution in [1.29, 1.82) is 0 Å². The summed E-state index contributed by atoms with van der Waals surface area (Å²) in [6.07, 6.45) is 3.92. The van der Waals surface area contributed by atoms with Crippen molar-refractivity contribution in [3.63, 3.8) is 0 Å². The van der Waals surface area contributed by atoms with Gasteiger partial charge in [0.1, 0.15) is 11.6 Å². The van der Waals surface area contributed by atoms with Crippen molar-refractivity contribution in [2.24, 2.45) is 12.8 Å². The first kappa shape index (κ1) is 12.6. The molecule has 1 unspecified atom stereocenters. The molecule has 0 fully saturated rings. The maximum atomic E-state index is 13.2. The van der Waals surface area contributed by atoms with Gasteiger partial charge in [0.2, 0.25) is 0 Å². The van der Waals surface area contributed by atoms with Gasteiger partial charge in [-0.2, -0.15) is 5.10 Å². The van der Waals surface area contributed by atoms with E-state index < -0.39 is 0 Å². The van der Waals surface area contributed by atoms with E-state index in [-0.39, 0.29) is 11.9 Å². The number of hydrogen-bond acceptors (Lipinski definition) is 3. The van der Waals surface area contributed by atoms with Gasteiger partial charge in [-0.05, 0) is 37.1 Å². The summed E-state index contributed by atoms with van der Waals surface area (Å²) in [6, 6.07) is 4.38. The fraction of sp³-hybridized carbons (Fsp3) is 0.308. The maximum Gasteiger partial charge on any atom is 0.165 e. The van der Waals surface area contributed by atoms with E-state index in [9.17, 15) is 4.39 Å². The van der Waals surface area contributed by atoms with Crippen LogP contribution in [0.1, 0.15) is 12.5 Å². The molecule has 0 saturated carbocycles. The topological polar surface area (TPSA) is 53.1 Å². The van der Waals surface area contributed by atoms with Gasteiger partial charge in [0.25, 0.3) is 0 Å². The van der Waals surface area contributed by atoms with Gasteiger partial charge in [0.05, 0.1) is 12.4 Å². The van der Waals surface area contributed by atoms with Gasteiger partial charge in [-0.1, -0.05) is 0 Å². The minimum absolute atomic E-state index is 0.0527. The Bertz CT molecular complexity index is 537. The third-order valence-corrected chi connectivity index (χ3v) is 2.47. The molecule has 0 amide bonds. The number of aryl methyl sites for hydroxylation is 1. The fourth-order valence-corrected chi connectivity index (χ4v) is 1.73. The van der Waals surface area contributed by atoms with Crippen molar-refractivity contribution in [3.8, 4) is 11.5 Å². The molecule has 5 heteroatoms. The Morgan fingerprint density at radius 2 is 2.28 bits per heavy atom. The second kappa shape index (κ2) is 5.18. The summed E-state index contributed by atoms with van der Waals surface area (Å²) in [5.41, 5.74) is 6.50. The minimum atomic E-state index is -0.288. The van der Waals surface area contributed by atoms with E-state index in [1.165, 1.54) is 12.1 Å². The van der Waals surface area contributed by atoms with Gasteiger partial charge in [0, 0.05) is 13.1 Å². The number of nitrogens with zero attached hydrogens (tertiary/aromatic N) is 2.